The van der Waals surface area contributed by atoms with Crippen LogP contribution in [0.15, 0.2) is 16.6 Å². The number of carbonyl (C=O) groups excluding carboxylic acids is 1. The molecule has 0 aromatic heterocycles. The number of aliphatic hydroxyl groups is 2. The molecule has 1 rings (SSSR count). The third kappa shape index (κ3) is 3.84. The molecule has 1 aromatic carbocycles. The summed E-state index contributed by atoms with van der Waals surface area (Å²) in [5.41, 5.74) is 0.365. The highest BCUT2D eigenvalue weighted by molar-refractivity contribution is 9.10. The van der Waals surface area contributed by atoms with Crippen molar-refractivity contribution in [1.82, 2.24) is 4.90 Å². The molecule has 0 saturated carbocycles. The molecule has 2 N–H and O–H groups in total. The normalized spacial score (nSPS) is 10.2. The number of amides is 1. The van der Waals surface area contributed by atoms with Crippen molar-refractivity contribution >= 4 is 21.8 Å². The summed E-state index contributed by atoms with van der Waals surface area (Å²) < 4.78 is 11.0. The summed E-state index contributed by atoms with van der Waals surface area (Å²) >= 11 is 3.33. The molecule has 0 aliphatic rings. The summed E-state index contributed by atoms with van der Waals surface area (Å²) in [6, 6.07) is 3.16. The van der Waals surface area contributed by atoms with Gasteiger partial charge in [0, 0.05) is 18.7 Å². The third-order valence-electron chi connectivity index (χ3n) is 2.72. The minimum absolute atomic E-state index is 0.153. The minimum Gasteiger partial charge on any atom is -0.495 e. The van der Waals surface area contributed by atoms with Gasteiger partial charge in [-0.2, -0.15) is 0 Å². The van der Waals surface area contributed by atoms with Gasteiger partial charge in [0.25, 0.3) is 5.91 Å². The monoisotopic (exact) mass is 347 g/mol. The second kappa shape index (κ2) is 8.08. The zero-order valence-electron chi connectivity index (χ0n) is 11.4. The van der Waals surface area contributed by atoms with E-state index in [1.54, 1.807) is 12.1 Å². The molecule has 0 bridgehead atoms. The molecule has 0 unspecified atom stereocenters. The van der Waals surface area contributed by atoms with Gasteiger partial charge < -0.3 is 24.6 Å². The molecule has 0 aliphatic carbocycles. The van der Waals surface area contributed by atoms with Crippen LogP contribution in [-0.2, 0) is 0 Å². The smallest absolute Gasteiger partial charge is 0.254 e. The summed E-state index contributed by atoms with van der Waals surface area (Å²) in [7, 11) is 2.99. The molecular formula is C13H18BrNO5. The lowest BCUT2D eigenvalue weighted by Crippen LogP contribution is -2.35. The number of hydrogen-bond acceptors (Lipinski definition) is 5. The van der Waals surface area contributed by atoms with Gasteiger partial charge in [-0.05, 0) is 28.1 Å². The first-order valence-electron chi connectivity index (χ1n) is 6.01. The molecule has 0 heterocycles. The van der Waals surface area contributed by atoms with E-state index in [1.165, 1.54) is 19.1 Å². The number of aliphatic hydroxyl groups excluding tert-OH is 2. The Balaban J connectivity index is 3.13. The van der Waals surface area contributed by atoms with E-state index in [0.29, 0.717) is 21.5 Å². The largest absolute Gasteiger partial charge is 0.495 e. The molecule has 0 saturated heterocycles. The zero-order chi connectivity index (χ0) is 15.1. The number of benzene rings is 1. The van der Waals surface area contributed by atoms with Crippen molar-refractivity contribution in [2.45, 2.75) is 0 Å². The van der Waals surface area contributed by atoms with Crippen LogP contribution in [0.5, 0.6) is 11.5 Å². The van der Waals surface area contributed by atoms with Crippen LogP contribution in [0.25, 0.3) is 0 Å². The lowest BCUT2D eigenvalue weighted by atomic mass is 10.1. The Morgan fingerprint density at radius 2 is 1.60 bits per heavy atom. The van der Waals surface area contributed by atoms with Crippen molar-refractivity contribution < 1.29 is 24.5 Å². The maximum absolute atomic E-state index is 12.3. The van der Waals surface area contributed by atoms with Gasteiger partial charge in [0.1, 0.15) is 16.0 Å². The second-order valence-corrected chi connectivity index (χ2v) is 4.73. The fourth-order valence-electron chi connectivity index (χ4n) is 1.73. The highest BCUT2D eigenvalue weighted by Gasteiger charge is 2.19. The van der Waals surface area contributed by atoms with Crippen LogP contribution in [0.2, 0.25) is 0 Å². The summed E-state index contributed by atoms with van der Waals surface area (Å²) in [6.45, 7) is -0.0345. The van der Waals surface area contributed by atoms with Crippen LogP contribution in [-0.4, -0.2) is 61.5 Å². The van der Waals surface area contributed by atoms with Gasteiger partial charge in [0.2, 0.25) is 0 Å². The SMILES string of the molecule is COc1cc(C(=O)N(CCO)CCO)cc(OC)c1Br. The number of halogens is 1. The predicted molar refractivity (Wildman–Crippen MR) is 77.3 cm³/mol. The molecule has 1 amide bonds. The van der Waals surface area contributed by atoms with Crippen LogP contribution in [0, 0.1) is 0 Å². The molecule has 0 aliphatic heterocycles. The molecular weight excluding hydrogens is 330 g/mol. The lowest BCUT2D eigenvalue weighted by Gasteiger charge is -2.21. The molecule has 0 spiro atoms. The average molecular weight is 348 g/mol. The maximum atomic E-state index is 12.3. The lowest BCUT2D eigenvalue weighted by molar-refractivity contribution is 0.0684. The second-order valence-electron chi connectivity index (χ2n) is 3.93. The molecule has 112 valence electrons. The first-order valence-corrected chi connectivity index (χ1v) is 6.80. The molecule has 0 radical (unpaired) electrons. The summed E-state index contributed by atoms with van der Waals surface area (Å²) in [5.74, 6) is 0.637. The summed E-state index contributed by atoms with van der Waals surface area (Å²) in [6.07, 6.45) is 0. The predicted octanol–water partition coefficient (Wildman–Crippen LogP) is 0.893. The van der Waals surface area contributed by atoms with Gasteiger partial charge in [-0.1, -0.05) is 0 Å². The number of nitrogens with zero attached hydrogens (tertiary/aromatic N) is 1. The number of hydrogen-bond donors (Lipinski definition) is 2. The van der Waals surface area contributed by atoms with E-state index in [-0.39, 0.29) is 32.2 Å². The number of rotatable bonds is 7. The van der Waals surface area contributed by atoms with Gasteiger partial charge in [-0.25, -0.2) is 0 Å². The Kier molecular flexibility index (Phi) is 6.77. The van der Waals surface area contributed by atoms with Gasteiger partial charge in [0.05, 0.1) is 27.4 Å². The fraction of sp³-hybridized carbons (Fsp3) is 0.462. The number of carbonyl (C=O) groups is 1. The van der Waals surface area contributed by atoms with Crippen LogP contribution >= 0.6 is 15.9 Å². The first kappa shape index (κ1) is 16.7. The number of ether oxygens (including phenoxy) is 2. The van der Waals surface area contributed by atoms with Gasteiger partial charge in [-0.15, -0.1) is 0 Å². The molecule has 0 fully saturated rings. The highest BCUT2D eigenvalue weighted by Crippen LogP contribution is 2.35. The quantitative estimate of drug-likeness (QED) is 0.765. The molecule has 20 heavy (non-hydrogen) atoms. The van der Waals surface area contributed by atoms with Crippen molar-refractivity contribution in [2.75, 3.05) is 40.5 Å². The van der Waals surface area contributed by atoms with E-state index < -0.39 is 0 Å². The summed E-state index contributed by atoms with van der Waals surface area (Å²) in [5, 5.41) is 17.9. The van der Waals surface area contributed by atoms with E-state index in [2.05, 4.69) is 15.9 Å². The van der Waals surface area contributed by atoms with Crippen molar-refractivity contribution in [3.63, 3.8) is 0 Å². The van der Waals surface area contributed by atoms with Gasteiger partial charge in [0.15, 0.2) is 0 Å². The minimum atomic E-state index is -0.308. The van der Waals surface area contributed by atoms with Crippen LogP contribution in [0.1, 0.15) is 10.4 Å². The standard InChI is InChI=1S/C13H18BrNO5/c1-19-10-7-9(8-11(20-2)12(10)14)13(18)15(3-5-16)4-6-17/h7-8,16-17H,3-6H2,1-2H3. The van der Waals surface area contributed by atoms with Crippen molar-refractivity contribution in [3.8, 4) is 11.5 Å². The van der Waals surface area contributed by atoms with Crippen LogP contribution in [0.3, 0.4) is 0 Å². The molecule has 7 heteroatoms. The van der Waals surface area contributed by atoms with Crippen molar-refractivity contribution in [1.29, 1.82) is 0 Å². The Bertz CT molecular complexity index is 435. The Morgan fingerprint density at radius 1 is 1.15 bits per heavy atom. The fourth-order valence-corrected chi connectivity index (χ4v) is 2.28. The van der Waals surface area contributed by atoms with E-state index >= 15 is 0 Å². The molecule has 0 atom stereocenters. The van der Waals surface area contributed by atoms with Crippen LogP contribution in [0.4, 0.5) is 0 Å². The van der Waals surface area contributed by atoms with Gasteiger partial charge in [-0.3, -0.25) is 4.79 Å². The Morgan fingerprint density at radius 3 is 1.95 bits per heavy atom. The van der Waals surface area contributed by atoms with E-state index in [9.17, 15) is 4.79 Å². The molecule has 1 aromatic rings. The Labute approximate surface area is 126 Å². The van der Waals surface area contributed by atoms with E-state index in [0.717, 1.165) is 0 Å². The van der Waals surface area contributed by atoms with Crippen molar-refractivity contribution in [2.24, 2.45) is 0 Å². The van der Waals surface area contributed by atoms with Gasteiger partial charge >= 0.3 is 0 Å². The van der Waals surface area contributed by atoms with E-state index in [1.807, 2.05) is 0 Å². The summed E-state index contributed by atoms with van der Waals surface area (Å²) in [4.78, 5) is 13.7. The Hall–Kier alpha value is -1.31. The number of methoxy groups -OCH3 is 2. The van der Waals surface area contributed by atoms with E-state index in [4.69, 9.17) is 19.7 Å². The maximum Gasteiger partial charge on any atom is 0.254 e. The highest BCUT2D eigenvalue weighted by atomic mass is 79.9. The average Bonchev–Trinajstić information content (AvgIpc) is 2.46. The topological polar surface area (TPSA) is 79.2 Å². The van der Waals surface area contributed by atoms with Crippen molar-refractivity contribution in [3.05, 3.63) is 22.2 Å². The third-order valence-corrected chi connectivity index (χ3v) is 3.50. The van der Waals surface area contributed by atoms with Crippen LogP contribution < -0.4 is 9.47 Å². The zero-order valence-corrected chi connectivity index (χ0v) is 13.0. The molecule has 6 nitrogen and oxygen atoms in total. The first-order chi connectivity index (χ1) is 9.58.